The van der Waals surface area contributed by atoms with E-state index in [9.17, 15) is 4.57 Å². The largest absolute Gasteiger partial charge is 0.325 e. The molecule has 0 heterocycles. The van der Waals surface area contributed by atoms with E-state index in [0.717, 1.165) is 0 Å². The molecule has 0 bridgehead atoms. The van der Waals surface area contributed by atoms with Crippen molar-refractivity contribution in [2.24, 2.45) is 0 Å². The zero-order chi connectivity index (χ0) is 7.33. The summed E-state index contributed by atoms with van der Waals surface area (Å²) in [6.07, 6.45) is 0. The van der Waals surface area contributed by atoms with Gasteiger partial charge in [0.15, 0.2) is 0 Å². The highest BCUT2D eigenvalue weighted by Gasteiger charge is 2.07. The minimum Gasteiger partial charge on any atom is -0.325 e. The van der Waals surface area contributed by atoms with Crippen molar-refractivity contribution in [2.75, 3.05) is 19.2 Å². The molecular weight excluding hydrogens is 158 g/mol. The van der Waals surface area contributed by atoms with E-state index < -0.39 is 7.37 Å². The van der Waals surface area contributed by atoms with Crippen molar-refractivity contribution in [3.05, 3.63) is 12.4 Å². The van der Waals surface area contributed by atoms with Crippen LogP contribution in [0.15, 0.2) is 12.4 Å². The predicted molar refractivity (Wildman–Crippen MR) is 40.4 cm³/mol. The highest BCUT2D eigenvalue weighted by atomic mass is 35.5. The second-order valence-electron chi connectivity index (χ2n) is 1.61. The fourth-order valence-corrected chi connectivity index (χ4v) is 1.01. The van der Waals surface area contributed by atoms with Crippen LogP contribution in [0.3, 0.4) is 0 Å². The quantitative estimate of drug-likeness (QED) is 0.476. The van der Waals surface area contributed by atoms with Gasteiger partial charge in [0.2, 0.25) is 7.37 Å². The van der Waals surface area contributed by atoms with Crippen molar-refractivity contribution >= 4 is 19.0 Å². The Morgan fingerprint density at radius 2 is 2.44 bits per heavy atom. The molecule has 0 rings (SSSR count). The minimum absolute atomic E-state index is 0.321. The van der Waals surface area contributed by atoms with Gasteiger partial charge in [-0.2, -0.15) is 0 Å². The van der Waals surface area contributed by atoms with Crippen molar-refractivity contribution in [1.29, 1.82) is 0 Å². The van der Waals surface area contributed by atoms with Gasteiger partial charge in [-0.25, -0.2) is 0 Å². The van der Waals surface area contributed by atoms with Crippen LogP contribution in [-0.4, -0.2) is 19.2 Å². The predicted octanol–water partition coefficient (Wildman–Crippen LogP) is 2.29. The summed E-state index contributed by atoms with van der Waals surface area (Å²) in [5.41, 5.74) is 0. The third-order valence-electron chi connectivity index (χ3n) is 0.756. The van der Waals surface area contributed by atoms with Crippen molar-refractivity contribution < 1.29 is 9.09 Å². The highest BCUT2D eigenvalue weighted by molar-refractivity contribution is 7.61. The van der Waals surface area contributed by atoms with Gasteiger partial charge in [0.1, 0.15) is 0 Å². The van der Waals surface area contributed by atoms with E-state index in [2.05, 4.69) is 6.58 Å². The topological polar surface area (TPSA) is 26.3 Å². The number of alkyl halides is 1. The Balaban J connectivity index is 3.59. The average molecular weight is 169 g/mol. The zero-order valence-corrected chi connectivity index (χ0v) is 6.99. The molecule has 0 radical (unpaired) electrons. The van der Waals surface area contributed by atoms with E-state index in [1.807, 2.05) is 0 Å². The third kappa shape index (κ3) is 4.71. The van der Waals surface area contributed by atoms with Crippen LogP contribution in [0.5, 0.6) is 0 Å². The van der Waals surface area contributed by atoms with E-state index in [1.165, 1.54) is 12.5 Å². The summed E-state index contributed by atoms with van der Waals surface area (Å²) in [5.74, 6) is 1.69. The smallest absolute Gasteiger partial charge is 0.221 e. The molecule has 0 saturated carbocycles. The first kappa shape index (κ1) is 9.22. The molecule has 4 heteroatoms. The molecule has 0 aliphatic carbocycles. The van der Waals surface area contributed by atoms with E-state index >= 15 is 0 Å². The Bertz CT molecular complexity index is 135. The van der Waals surface area contributed by atoms with Crippen molar-refractivity contribution in [3.63, 3.8) is 0 Å². The average Bonchev–Trinajstić information content (AvgIpc) is 1.84. The summed E-state index contributed by atoms with van der Waals surface area (Å²) in [6.45, 7) is 5.18. The lowest BCUT2D eigenvalue weighted by atomic mass is 10.9. The van der Waals surface area contributed by atoms with Gasteiger partial charge in [-0.1, -0.05) is 6.58 Å². The molecule has 0 fully saturated rings. The monoisotopic (exact) mass is 168 g/mol. The highest BCUT2D eigenvalue weighted by Crippen LogP contribution is 2.42. The maximum atomic E-state index is 10.9. The number of hydrogen-bond acceptors (Lipinski definition) is 2. The Morgan fingerprint density at radius 1 is 1.89 bits per heavy atom. The lowest BCUT2D eigenvalue weighted by Gasteiger charge is -2.05. The molecule has 2 nitrogen and oxygen atoms in total. The Morgan fingerprint density at radius 3 is 2.78 bits per heavy atom. The van der Waals surface area contributed by atoms with Crippen LogP contribution in [0.1, 0.15) is 0 Å². The third-order valence-corrected chi connectivity index (χ3v) is 2.27. The maximum absolute atomic E-state index is 10.9. The molecule has 0 aliphatic heterocycles. The summed E-state index contributed by atoms with van der Waals surface area (Å²) >= 11 is 5.28. The first-order valence-electron chi connectivity index (χ1n) is 2.53. The normalized spacial score (nSPS) is 16.7. The van der Waals surface area contributed by atoms with Gasteiger partial charge in [0.05, 0.1) is 6.61 Å². The van der Waals surface area contributed by atoms with Gasteiger partial charge in [0.25, 0.3) is 0 Å². The van der Waals surface area contributed by atoms with Gasteiger partial charge < -0.3 is 4.52 Å². The van der Waals surface area contributed by atoms with Crippen molar-refractivity contribution in [2.45, 2.75) is 0 Å². The molecule has 1 unspecified atom stereocenters. The van der Waals surface area contributed by atoms with Gasteiger partial charge in [0, 0.05) is 12.5 Å². The Kier molecular flexibility index (Phi) is 4.20. The number of hydrogen-bond donors (Lipinski definition) is 0. The second kappa shape index (κ2) is 4.10. The maximum Gasteiger partial charge on any atom is 0.221 e. The molecule has 0 aromatic rings. The van der Waals surface area contributed by atoms with Crippen LogP contribution in [-0.2, 0) is 9.09 Å². The van der Waals surface area contributed by atoms with E-state index in [0.29, 0.717) is 12.5 Å². The van der Waals surface area contributed by atoms with Crippen LogP contribution >= 0.6 is 19.0 Å². The molecule has 0 amide bonds. The molecule has 0 aromatic carbocycles. The summed E-state index contributed by atoms with van der Waals surface area (Å²) < 4.78 is 15.8. The Hall–Kier alpha value is 0.220. The number of halogens is 1. The fraction of sp³-hybridized carbons (Fsp3) is 0.600. The minimum atomic E-state index is -2.51. The summed E-state index contributed by atoms with van der Waals surface area (Å²) in [7, 11) is -2.51. The summed E-state index contributed by atoms with van der Waals surface area (Å²) in [4.78, 5) is 0. The zero-order valence-electron chi connectivity index (χ0n) is 5.34. The SMILES string of the molecule is C=CP(C)(=O)OCCCl. The molecule has 0 saturated heterocycles. The van der Waals surface area contributed by atoms with Crippen LogP contribution < -0.4 is 0 Å². The molecule has 0 aliphatic rings. The van der Waals surface area contributed by atoms with E-state index in [4.69, 9.17) is 16.1 Å². The molecular formula is C5H10ClO2P. The van der Waals surface area contributed by atoms with Gasteiger partial charge in [-0.3, -0.25) is 4.57 Å². The summed E-state index contributed by atoms with van der Waals surface area (Å²) in [5, 5.41) is 0. The standard InChI is InChI=1S/C5H10ClO2P/c1-3-9(2,7)8-5-4-6/h3H,1,4-5H2,2H3. The van der Waals surface area contributed by atoms with Crippen LogP contribution in [0.4, 0.5) is 0 Å². The molecule has 9 heavy (non-hydrogen) atoms. The van der Waals surface area contributed by atoms with Crippen molar-refractivity contribution in [1.82, 2.24) is 0 Å². The second-order valence-corrected chi connectivity index (χ2v) is 4.43. The lowest BCUT2D eigenvalue weighted by Crippen LogP contribution is -1.90. The van der Waals surface area contributed by atoms with Gasteiger partial charge in [-0.15, -0.1) is 11.6 Å². The first-order chi connectivity index (χ1) is 4.12. The van der Waals surface area contributed by atoms with E-state index in [-0.39, 0.29) is 0 Å². The van der Waals surface area contributed by atoms with Gasteiger partial charge in [-0.05, 0) is 5.82 Å². The summed E-state index contributed by atoms with van der Waals surface area (Å²) in [6, 6.07) is 0. The van der Waals surface area contributed by atoms with Gasteiger partial charge >= 0.3 is 0 Å². The molecule has 54 valence electrons. The molecule has 1 atom stereocenters. The molecule has 0 spiro atoms. The van der Waals surface area contributed by atoms with Crippen molar-refractivity contribution in [3.8, 4) is 0 Å². The molecule has 0 aromatic heterocycles. The van der Waals surface area contributed by atoms with Crippen LogP contribution in [0, 0.1) is 0 Å². The first-order valence-corrected chi connectivity index (χ1v) is 5.21. The van der Waals surface area contributed by atoms with Crippen LogP contribution in [0.25, 0.3) is 0 Å². The number of rotatable bonds is 4. The lowest BCUT2D eigenvalue weighted by molar-refractivity contribution is 0.346. The van der Waals surface area contributed by atoms with E-state index in [1.54, 1.807) is 0 Å². The fourth-order valence-electron chi connectivity index (χ4n) is 0.268. The Labute approximate surface area is 60.3 Å². The molecule has 0 N–H and O–H groups in total. The van der Waals surface area contributed by atoms with Crippen LogP contribution in [0.2, 0.25) is 0 Å².